The highest BCUT2D eigenvalue weighted by atomic mass is 35.5. The van der Waals surface area contributed by atoms with E-state index in [1.807, 2.05) is 0 Å². The number of hydrogen-bond donors (Lipinski definition) is 3. The van der Waals surface area contributed by atoms with Crippen LogP contribution in [0.4, 0.5) is 0 Å². The van der Waals surface area contributed by atoms with Gasteiger partial charge in [0.25, 0.3) is 5.97 Å². The van der Waals surface area contributed by atoms with E-state index in [0.717, 1.165) is 6.08 Å². The minimum absolute atomic E-state index is 0.674. The van der Waals surface area contributed by atoms with E-state index in [0.29, 0.717) is 6.08 Å². The molecule has 0 unspecified atom stereocenters. The highest BCUT2D eigenvalue weighted by molar-refractivity contribution is 6.49. The molecule has 0 aromatic heterocycles. The Hall–Kier alpha value is 0.200. The Morgan fingerprint density at radius 1 is 1.10 bits per heavy atom. The van der Waals surface area contributed by atoms with Crippen LogP contribution in [0.15, 0.2) is 12.2 Å². The molecule has 0 spiro atoms. The molecule has 0 rings (SSSR count). The average molecular weight is 187 g/mol. The van der Waals surface area contributed by atoms with Crippen LogP contribution < -0.4 is 0 Å². The van der Waals surface area contributed by atoms with Gasteiger partial charge < -0.3 is 15.3 Å². The number of rotatable bonds is 2. The number of halogens is 2. The lowest BCUT2D eigenvalue weighted by Gasteiger charge is -2.10. The minimum Gasteiger partial charge on any atom is -0.340 e. The monoisotopic (exact) mass is 186 g/mol. The molecule has 0 heterocycles. The first-order valence-corrected chi connectivity index (χ1v) is 3.22. The molecule has 0 aromatic rings. The lowest BCUT2D eigenvalue weighted by molar-refractivity contribution is -0.273. The topological polar surface area (TPSA) is 60.7 Å². The molecule has 60 valence electrons. The van der Waals surface area contributed by atoms with Crippen LogP contribution in [0.2, 0.25) is 0 Å². The van der Waals surface area contributed by atoms with Gasteiger partial charge in [-0.2, -0.15) is 0 Å². The maximum Gasteiger partial charge on any atom is 0.297 e. The van der Waals surface area contributed by atoms with Gasteiger partial charge in [0.05, 0.1) is 0 Å². The fraction of sp³-hybridized carbons (Fsp3) is 0.600. The summed E-state index contributed by atoms with van der Waals surface area (Å²) in [5, 5.41) is 24.9. The van der Waals surface area contributed by atoms with Gasteiger partial charge in [0, 0.05) is 6.08 Å². The molecule has 3 N–H and O–H groups in total. The zero-order valence-corrected chi connectivity index (χ0v) is 6.76. The molecule has 10 heavy (non-hydrogen) atoms. The van der Waals surface area contributed by atoms with Crippen molar-refractivity contribution in [3.05, 3.63) is 12.2 Å². The maximum atomic E-state index is 8.29. The van der Waals surface area contributed by atoms with Crippen molar-refractivity contribution in [3.8, 4) is 0 Å². The van der Waals surface area contributed by atoms with Crippen molar-refractivity contribution in [3.63, 3.8) is 0 Å². The van der Waals surface area contributed by atoms with Crippen molar-refractivity contribution in [2.45, 2.75) is 17.2 Å². The highest BCUT2D eigenvalue weighted by Gasteiger charge is 2.17. The van der Waals surface area contributed by atoms with E-state index >= 15 is 0 Å². The Morgan fingerprint density at radius 3 is 1.60 bits per heavy atom. The van der Waals surface area contributed by atoms with Gasteiger partial charge in [-0.25, -0.2) is 0 Å². The third-order valence-corrected chi connectivity index (χ3v) is 0.852. The van der Waals surface area contributed by atoms with Crippen LogP contribution >= 0.6 is 23.2 Å². The molecule has 5 heteroatoms. The van der Waals surface area contributed by atoms with E-state index in [2.05, 4.69) is 0 Å². The maximum absolute atomic E-state index is 8.29. The van der Waals surface area contributed by atoms with Crippen molar-refractivity contribution < 1.29 is 15.3 Å². The zero-order valence-electron chi connectivity index (χ0n) is 5.25. The van der Waals surface area contributed by atoms with Gasteiger partial charge in [0.1, 0.15) is 4.33 Å². The average Bonchev–Trinajstić information content (AvgIpc) is 1.57. The Balaban J connectivity index is 4.01. The second-order valence-corrected chi connectivity index (χ2v) is 3.74. The van der Waals surface area contributed by atoms with E-state index in [-0.39, 0.29) is 0 Å². The molecular weight excluding hydrogens is 179 g/mol. The summed E-state index contributed by atoms with van der Waals surface area (Å²) in [7, 11) is 0. The van der Waals surface area contributed by atoms with Crippen LogP contribution in [0, 0.1) is 0 Å². The van der Waals surface area contributed by atoms with Gasteiger partial charge in [0.2, 0.25) is 0 Å². The Bertz CT molecular complexity index is 115. The molecule has 0 bridgehead atoms. The van der Waals surface area contributed by atoms with Gasteiger partial charge in [-0.15, -0.1) is 0 Å². The van der Waals surface area contributed by atoms with Crippen LogP contribution in [0.3, 0.4) is 0 Å². The van der Waals surface area contributed by atoms with Crippen LogP contribution in [-0.2, 0) is 0 Å². The molecule has 0 saturated heterocycles. The molecule has 0 aromatic carbocycles. The second kappa shape index (κ2) is 3.07. The van der Waals surface area contributed by atoms with E-state index in [1.165, 1.54) is 6.92 Å². The predicted molar refractivity (Wildman–Crippen MR) is 38.6 cm³/mol. The van der Waals surface area contributed by atoms with Crippen molar-refractivity contribution in [2.75, 3.05) is 0 Å². The summed E-state index contributed by atoms with van der Waals surface area (Å²) in [5.41, 5.74) is 0. The molecule has 0 aliphatic rings. The van der Waals surface area contributed by atoms with Crippen molar-refractivity contribution in [1.29, 1.82) is 0 Å². The van der Waals surface area contributed by atoms with E-state index in [4.69, 9.17) is 38.5 Å². The van der Waals surface area contributed by atoms with E-state index in [1.54, 1.807) is 0 Å². The summed E-state index contributed by atoms with van der Waals surface area (Å²) in [5.74, 6) is -2.84. The second-order valence-electron chi connectivity index (χ2n) is 1.98. The van der Waals surface area contributed by atoms with Crippen LogP contribution in [0.25, 0.3) is 0 Å². The quantitative estimate of drug-likeness (QED) is 0.332. The summed E-state index contributed by atoms with van der Waals surface area (Å²) in [6.45, 7) is 1.42. The number of allylic oxidation sites excluding steroid dienone is 1. The molecular formula is C5H8Cl2O3. The van der Waals surface area contributed by atoms with Crippen molar-refractivity contribution in [2.24, 2.45) is 0 Å². The summed E-state index contributed by atoms with van der Waals surface area (Å²) in [6, 6.07) is 0. The highest BCUT2D eigenvalue weighted by Crippen LogP contribution is 2.21. The Morgan fingerprint density at radius 2 is 1.50 bits per heavy atom. The van der Waals surface area contributed by atoms with Gasteiger partial charge in [-0.05, 0) is 13.0 Å². The molecule has 3 nitrogen and oxygen atoms in total. The van der Waals surface area contributed by atoms with E-state index in [9.17, 15) is 0 Å². The first-order valence-electron chi connectivity index (χ1n) is 2.46. The fourth-order valence-corrected chi connectivity index (χ4v) is 0.384. The number of aliphatic hydroxyl groups is 3. The zero-order chi connectivity index (χ0) is 8.41. The van der Waals surface area contributed by atoms with Gasteiger partial charge in [0.15, 0.2) is 0 Å². The largest absolute Gasteiger partial charge is 0.340 e. The first-order chi connectivity index (χ1) is 4.21. The summed E-state index contributed by atoms with van der Waals surface area (Å²) < 4.78 is -1.21. The third kappa shape index (κ3) is 8.20. The van der Waals surface area contributed by atoms with Gasteiger partial charge in [-0.1, -0.05) is 23.2 Å². The van der Waals surface area contributed by atoms with Crippen LogP contribution in [0.1, 0.15) is 6.92 Å². The molecule has 0 fully saturated rings. The Labute approximate surface area is 68.5 Å². The molecule has 0 aliphatic heterocycles. The molecule has 0 saturated carbocycles. The van der Waals surface area contributed by atoms with Crippen molar-refractivity contribution in [1.82, 2.24) is 0 Å². The summed E-state index contributed by atoms with van der Waals surface area (Å²) >= 11 is 10.8. The predicted octanol–water partition coefficient (Wildman–Crippen LogP) is 0.367. The third-order valence-electron chi connectivity index (χ3n) is 0.600. The molecule has 0 atom stereocenters. The molecule has 0 aliphatic carbocycles. The lowest BCUT2D eigenvalue weighted by atomic mass is 10.3. The number of hydrogen-bond acceptors (Lipinski definition) is 3. The van der Waals surface area contributed by atoms with E-state index < -0.39 is 10.3 Å². The van der Waals surface area contributed by atoms with Gasteiger partial charge in [-0.3, -0.25) is 0 Å². The first kappa shape index (κ1) is 10.2. The fourth-order valence-electron chi connectivity index (χ4n) is 0.258. The molecule has 0 radical (unpaired) electrons. The minimum atomic E-state index is -2.84. The Kier molecular flexibility index (Phi) is 3.13. The smallest absolute Gasteiger partial charge is 0.297 e. The standard InChI is InChI=1S/C5H8Cl2O3/c1-4(6,7)2-3-5(8,9)10/h2-3,8-10H,1H3. The van der Waals surface area contributed by atoms with Crippen LogP contribution in [0.5, 0.6) is 0 Å². The van der Waals surface area contributed by atoms with Crippen molar-refractivity contribution >= 4 is 23.2 Å². The lowest BCUT2D eigenvalue weighted by Crippen LogP contribution is -2.24. The number of alkyl halides is 2. The molecule has 0 amide bonds. The SMILES string of the molecule is CC(Cl)(Cl)C=CC(O)(O)O. The summed E-state index contributed by atoms with van der Waals surface area (Å²) in [6.07, 6.45) is 1.73. The normalized spacial score (nSPS) is 14.6. The van der Waals surface area contributed by atoms with Gasteiger partial charge >= 0.3 is 0 Å². The van der Waals surface area contributed by atoms with Crippen LogP contribution in [-0.4, -0.2) is 25.6 Å². The summed E-state index contributed by atoms with van der Waals surface area (Å²) in [4.78, 5) is 0.